The van der Waals surface area contributed by atoms with Crippen LogP contribution in [0.15, 0.2) is 6.33 Å². The first-order chi connectivity index (χ1) is 8.26. The molecule has 7 nitrogen and oxygen atoms in total. The van der Waals surface area contributed by atoms with Gasteiger partial charge in [-0.05, 0) is 0 Å². The molecule has 0 fully saturated rings. The molecule has 1 aromatic heterocycles. The Kier molecular flexibility index (Phi) is 5.61. The maximum absolute atomic E-state index is 8.99. The minimum absolute atomic E-state index is 0.205. The van der Waals surface area contributed by atoms with Crippen molar-refractivity contribution < 1.29 is 19.7 Å². The van der Waals surface area contributed by atoms with Crippen LogP contribution in [0, 0.1) is 0 Å². The van der Waals surface area contributed by atoms with Crippen LogP contribution < -0.4 is 10.1 Å². The van der Waals surface area contributed by atoms with E-state index in [2.05, 4.69) is 15.3 Å². The van der Waals surface area contributed by atoms with Gasteiger partial charge in [-0.3, -0.25) is 0 Å². The number of ether oxygens (including phenoxy) is 2. The topological polar surface area (TPSA) is 96.7 Å². The van der Waals surface area contributed by atoms with Crippen molar-refractivity contribution in [3.63, 3.8) is 0 Å². The number of rotatable bonds is 7. The number of aromatic nitrogens is 2. The SMILES string of the molecule is COCc1ncnc(NC(CO)CO)c1OC. The lowest BCUT2D eigenvalue weighted by atomic mass is 10.3. The van der Waals surface area contributed by atoms with E-state index in [-0.39, 0.29) is 13.2 Å². The molecule has 0 saturated carbocycles. The number of hydrogen-bond acceptors (Lipinski definition) is 7. The summed E-state index contributed by atoms with van der Waals surface area (Å²) in [6.45, 7) is -0.115. The third-order valence-electron chi connectivity index (χ3n) is 2.14. The molecule has 0 atom stereocenters. The summed E-state index contributed by atoms with van der Waals surface area (Å²) in [7, 11) is 3.05. The van der Waals surface area contributed by atoms with Crippen LogP contribution in [0.2, 0.25) is 0 Å². The summed E-state index contributed by atoms with van der Waals surface area (Å²) in [5.41, 5.74) is 0.599. The van der Waals surface area contributed by atoms with Crippen molar-refractivity contribution >= 4 is 5.82 Å². The predicted octanol–water partition coefficient (Wildman–Crippen LogP) is -0.603. The summed E-state index contributed by atoms with van der Waals surface area (Å²) < 4.78 is 10.2. The van der Waals surface area contributed by atoms with Crippen molar-refractivity contribution in [1.82, 2.24) is 9.97 Å². The van der Waals surface area contributed by atoms with Gasteiger partial charge in [0.1, 0.15) is 12.0 Å². The zero-order valence-corrected chi connectivity index (χ0v) is 9.88. The second kappa shape index (κ2) is 7.00. The second-order valence-electron chi connectivity index (χ2n) is 3.34. The lowest BCUT2D eigenvalue weighted by molar-refractivity contribution is 0.177. The van der Waals surface area contributed by atoms with Gasteiger partial charge in [-0.2, -0.15) is 0 Å². The van der Waals surface area contributed by atoms with Crippen molar-refractivity contribution in [2.45, 2.75) is 12.6 Å². The number of nitrogens with zero attached hydrogens (tertiary/aromatic N) is 2. The van der Waals surface area contributed by atoms with Gasteiger partial charge in [-0.25, -0.2) is 9.97 Å². The molecular formula is C10H17N3O4. The monoisotopic (exact) mass is 243 g/mol. The van der Waals surface area contributed by atoms with Crippen molar-refractivity contribution in [3.8, 4) is 5.75 Å². The highest BCUT2D eigenvalue weighted by atomic mass is 16.5. The Balaban J connectivity index is 2.93. The average molecular weight is 243 g/mol. The second-order valence-corrected chi connectivity index (χ2v) is 3.34. The fraction of sp³-hybridized carbons (Fsp3) is 0.600. The molecule has 0 spiro atoms. The highest BCUT2D eigenvalue weighted by Gasteiger charge is 2.15. The summed E-state index contributed by atoms with van der Waals surface area (Å²) in [4.78, 5) is 8.04. The molecular weight excluding hydrogens is 226 g/mol. The Morgan fingerprint density at radius 1 is 1.29 bits per heavy atom. The summed E-state index contributed by atoms with van der Waals surface area (Å²) in [5, 5.41) is 20.8. The predicted molar refractivity (Wildman–Crippen MR) is 60.9 cm³/mol. The molecule has 1 aromatic rings. The Labute approximate surface area is 99.4 Å². The van der Waals surface area contributed by atoms with Gasteiger partial charge in [0.25, 0.3) is 0 Å². The smallest absolute Gasteiger partial charge is 0.185 e. The van der Waals surface area contributed by atoms with Gasteiger partial charge in [0.05, 0.1) is 33.0 Å². The molecule has 96 valence electrons. The van der Waals surface area contributed by atoms with E-state index in [4.69, 9.17) is 19.7 Å². The molecule has 0 bridgehead atoms. The first kappa shape index (κ1) is 13.6. The quantitative estimate of drug-likeness (QED) is 0.588. The highest BCUT2D eigenvalue weighted by Crippen LogP contribution is 2.25. The van der Waals surface area contributed by atoms with Gasteiger partial charge in [0, 0.05) is 7.11 Å². The Morgan fingerprint density at radius 2 is 2.00 bits per heavy atom. The van der Waals surface area contributed by atoms with Gasteiger partial charge in [-0.15, -0.1) is 0 Å². The number of nitrogens with one attached hydrogen (secondary N) is 1. The normalized spacial score (nSPS) is 10.6. The Morgan fingerprint density at radius 3 is 2.53 bits per heavy atom. The van der Waals surface area contributed by atoms with Crippen LogP contribution in [0.4, 0.5) is 5.82 Å². The summed E-state index contributed by atoms with van der Waals surface area (Å²) in [5.74, 6) is 0.865. The Bertz CT molecular complexity index is 344. The molecule has 17 heavy (non-hydrogen) atoms. The lowest BCUT2D eigenvalue weighted by Crippen LogP contribution is -2.28. The van der Waals surface area contributed by atoms with E-state index in [1.54, 1.807) is 7.11 Å². The minimum atomic E-state index is -0.491. The summed E-state index contributed by atoms with van der Waals surface area (Å²) >= 11 is 0. The molecule has 1 rings (SSSR count). The molecule has 1 heterocycles. The Hall–Kier alpha value is -1.44. The van der Waals surface area contributed by atoms with E-state index in [0.717, 1.165) is 0 Å². The zero-order valence-electron chi connectivity index (χ0n) is 9.88. The van der Waals surface area contributed by atoms with Gasteiger partial charge in [-0.1, -0.05) is 0 Å². The maximum atomic E-state index is 8.99. The van der Waals surface area contributed by atoms with Crippen molar-refractivity contribution in [3.05, 3.63) is 12.0 Å². The number of anilines is 1. The fourth-order valence-electron chi connectivity index (χ4n) is 1.31. The largest absolute Gasteiger partial charge is 0.491 e. The van der Waals surface area contributed by atoms with E-state index in [1.807, 2.05) is 0 Å². The molecule has 0 aromatic carbocycles. The average Bonchev–Trinajstić information content (AvgIpc) is 2.36. The number of methoxy groups -OCH3 is 2. The molecule has 0 aliphatic heterocycles. The van der Waals surface area contributed by atoms with E-state index in [0.29, 0.717) is 23.9 Å². The molecule has 0 aliphatic carbocycles. The van der Waals surface area contributed by atoms with Crippen LogP contribution in [0.1, 0.15) is 5.69 Å². The van der Waals surface area contributed by atoms with Crippen LogP contribution in [-0.2, 0) is 11.3 Å². The van der Waals surface area contributed by atoms with Gasteiger partial charge < -0.3 is 25.0 Å². The van der Waals surface area contributed by atoms with Gasteiger partial charge in [0.2, 0.25) is 0 Å². The number of aliphatic hydroxyl groups is 2. The molecule has 0 saturated heterocycles. The van der Waals surface area contributed by atoms with Crippen LogP contribution in [0.3, 0.4) is 0 Å². The minimum Gasteiger partial charge on any atom is -0.491 e. The van der Waals surface area contributed by atoms with Crippen LogP contribution in [0.5, 0.6) is 5.75 Å². The maximum Gasteiger partial charge on any atom is 0.185 e. The fourth-order valence-corrected chi connectivity index (χ4v) is 1.31. The number of aliphatic hydroxyl groups excluding tert-OH is 2. The molecule has 3 N–H and O–H groups in total. The number of hydrogen-bond donors (Lipinski definition) is 3. The third kappa shape index (κ3) is 3.52. The highest BCUT2D eigenvalue weighted by molar-refractivity contribution is 5.52. The van der Waals surface area contributed by atoms with E-state index >= 15 is 0 Å². The van der Waals surface area contributed by atoms with Crippen molar-refractivity contribution in [1.29, 1.82) is 0 Å². The van der Waals surface area contributed by atoms with Gasteiger partial charge >= 0.3 is 0 Å². The molecule has 0 radical (unpaired) electrons. The zero-order chi connectivity index (χ0) is 12.7. The van der Waals surface area contributed by atoms with Gasteiger partial charge in [0.15, 0.2) is 11.6 Å². The van der Waals surface area contributed by atoms with Crippen LogP contribution in [0.25, 0.3) is 0 Å². The first-order valence-electron chi connectivity index (χ1n) is 5.11. The van der Waals surface area contributed by atoms with E-state index in [9.17, 15) is 0 Å². The standard InChI is InChI=1S/C10H17N3O4/c1-16-5-8-9(17-2)10(12-6-11-8)13-7(3-14)4-15/h6-7,14-15H,3-5H2,1-2H3,(H,11,12,13). The van der Waals surface area contributed by atoms with Crippen molar-refractivity contribution in [2.24, 2.45) is 0 Å². The summed E-state index contributed by atoms with van der Waals surface area (Å²) in [6, 6.07) is -0.491. The molecule has 0 aliphatic rings. The molecule has 0 amide bonds. The van der Waals surface area contributed by atoms with Crippen molar-refractivity contribution in [2.75, 3.05) is 32.8 Å². The molecule has 0 unspecified atom stereocenters. The molecule has 7 heteroatoms. The third-order valence-corrected chi connectivity index (χ3v) is 2.14. The first-order valence-corrected chi connectivity index (χ1v) is 5.11. The lowest BCUT2D eigenvalue weighted by Gasteiger charge is -2.17. The summed E-state index contributed by atoms with van der Waals surface area (Å²) in [6.07, 6.45) is 1.37. The van der Waals surface area contributed by atoms with Crippen LogP contribution in [-0.4, -0.2) is 53.7 Å². The van der Waals surface area contributed by atoms with Crippen LogP contribution >= 0.6 is 0 Å². The van der Waals surface area contributed by atoms with E-state index < -0.39 is 6.04 Å². The van der Waals surface area contributed by atoms with E-state index in [1.165, 1.54) is 13.4 Å².